The predicted molar refractivity (Wildman–Crippen MR) is 86.9 cm³/mol. The highest BCUT2D eigenvalue weighted by molar-refractivity contribution is 6.37. The van der Waals surface area contributed by atoms with Crippen molar-refractivity contribution in [3.05, 3.63) is 51.0 Å². The van der Waals surface area contributed by atoms with Crippen LogP contribution in [-0.2, 0) is 0 Å². The minimum atomic E-state index is -0.389. The number of nitrogens with one attached hydrogen (secondary N) is 1. The number of hydrogen-bond acceptors (Lipinski definition) is 3. The lowest BCUT2D eigenvalue weighted by Crippen LogP contribution is -2.17. The molecule has 0 saturated heterocycles. The number of halogens is 3. The van der Waals surface area contributed by atoms with Crippen LogP contribution in [0.25, 0.3) is 0 Å². The van der Waals surface area contributed by atoms with Crippen LogP contribution in [0.2, 0.25) is 15.1 Å². The van der Waals surface area contributed by atoms with Crippen molar-refractivity contribution in [3.63, 3.8) is 0 Å². The Bertz CT molecular complexity index is 749. The summed E-state index contributed by atoms with van der Waals surface area (Å²) in [5.41, 5.74) is 0.721. The van der Waals surface area contributed by atoms with Gasteiger partial charge in [0.1, 0.15) is 13.2 Å². The van der Waals surface area contributed by atoms with Crippen LogP contribution in [0, 0.1) is 0 Å². The maximum absolute atomic E-state index is 12.3. The lowest BCUT2D eigenvalue weighted by Gasteiger charge is -2.20. The van der Waals surface area contributed by atoms with Crippen LogP contribution in [-0.4, -0.2) is 19.1 Å². The second-order valence-electron chi connectivity index (χ2n) is 4.55. The highest BCUT2D eigenvalue weighted by Crippen LogP contribution is 2.38. The molecule has 0 radical (unpaired) electrons. The van der Waals surface area contributed by atoms with Gasteiger partial charge in [0.25, 0.3) is 5.91 Å². The summed E-state index contributed by atoms with van der Waals surface area (Å²) in [6.07, 6.45) is 0. The molecule has 0 spiro atoms. The Labute approximate surface area is 141 Å². The Morgan fingerprint density at radius 2 is 1.64 bits per heavy atom. The van der Waals surface area contributed by atoms with E-state index < -0.39 is 0 Å². The van der Waals surface area contributed by atoms with E-state index in [1.165, 1.54) is 6.07 Å². The standard InChI is InChI=1S/C15H10Cl3NO3/c16-8-1-2-9(10(17)5-8)15(20)19-12-7-14-13(6-11(12)18)21-3-4-22-14/h1-2,5-7H,3-4H2,(H,19,20). The molecule has 0 bridgehead atoms. The van der Waals surface area contributed by atoms with Crippen molar-refractivity contribution in [2.45, 2.75) is 0 Å². The molecule has 22 heavy (non-hydrogen) atoms. The zero-order valence-electron chi connectivity index (χ0n) is 11.2. The second kappa shape index (κ2) is 6.24. The summed E-state index contributed by atoms with van der Waals surface area (Å²) in [4.78, 5) is 12.3. The van der Waals surface area contributed by atoms with Gasteiger partial charge < -0.3 is 14.8 Å². The van der Waals surface area contributed by atoms with Crippen molar-refractivity contribution in [1.29, 1.82) is 0 Å². The quantitative estimate of drug-likeness (QED) is 0.848. The summed E-state index contributed by atoms with van der Waals surface area (Å²) >= 11 is 18.0. The number of anilines is 1. The van der Waals surface area contributed by atoms with Crippen LogP contribution >= 0.6 is 34.8 Å². The first-order valence-corrected chi connectivity index (χ1v) is 7.53. The molecule has 0 unspecified atom stereocenters. The maximum atomic E-state index is 12.3. The molecule has 4 nitrogen and oxygen atoms in total. The Hall–Kier alpha value is -1.62. The summed E-state index contributed by atoms with van der Waals surface area (Å²) in [6.45, 7) is 0.917. The number of benzene rings is 2. The molecular formula is C15H10Cl3NO3. The zero-order valence-corrected chi connectivity index (χ0v) is 13.4. The van der Waals surface area contributed by atoms with Gasteiger partial charge in [0.15, 0.2) is 11.5 Å². The molecule has 0 aromatic heterocycles. The molecule has 2 aromatic carbocycles. The fourth-order valence-electron chi connectivity index (χ4n) is 2.02. The zero-order chi connectivity index (χ0) is 15.7. The van der Waals surface area contributed by atoms with Crippen molar-refractivity contribution >= 4 is 46.4 Å². The molecule has 1 amide bonds. The summed E-state index contributed by atoms with van der Waals surface area (Å²) in [6, 6.07) is 7.87. The third-order valence-electron chi connectivity index (χ3n) is 3.06. The number of carbonyl (C=O) groups is 1. The largest absolute Gasteiger partial charge is 0.486 e. The summed E-state index contributed by atoms with van der Waals surface area (Å²) in [5, 5.41) is 3.77. The molecule has 3 rings (SSSR count). The molecule has 1 N–H and O–H groups in total. The lowest BCUT2D eigenvalue weighted by molar-refractivity contribution is 0.102. The third-order valence-corrected chi connectivity index (χ3v) is 3.92. The van der Waals surface area contributed by atoms with Gasteiger partial charge in [0.05, 0.1) is 21.3 Å². The smallest absolute Gasteiger partial charge is 0.257 e. The van der Waals surface area contributed by atoms with Crippen molar-refractivity contribution < 1.29 is 14.3 Å². The van der Waals surface area contributed by atoms with Gasteiger partial charge in [-0.25, -0.2) is 0 Å². The van der Waals surface area contributed by atoms with Crippen LogP contribution in [0.3, 0.4) is 0 Å². The van der Waals surface area contributed by atoms with E-state index in [0.29, 0.717) is 46.0 Å². The van der Waals surface area contributed by atoms with E-state index >= 15 is 0 Å². The van der Waals surface area contributed by atoms with Crippen LogP contribution in [0.4, 0.5) is 5.69 Å². The molecule has 2 aromatic rings. The monoisotopic (exact) mass is 357 g/mol. The van der Waals surface area contributed by atoms with Gasteiger partial charge in [-0.05, 0) is 18.2 Å². The molecule has 114 valence electrons. The topological polar surface area (TPSA) is 47.6 Å². The molecule has 0 saturated carbocycles. The summed E-state index contributed by atoms with van der Waals surface area (Å²) in [5.74, 6) is 0.701. The van der Waals surface area contributed by atoms with E-state index in [1.807, 2.05) is 0 Å². The molecule has 1 aliphatic heterocycles. The number of ether oxygens (including phenoxy) is 2. The second-order valence-corrected chi connectivity index (χ2v) is 5.80. The number of fused-ring (bicyclic) bond motifs is 1. The van der Waals surface area contributed by atoms with Gasteiger partial charge in [-0.3, -0.25) is 4.79 Å². The fourth-order valence-corrected chi connectivity index (χ4v) is 2.72. The first kappa shape index (κ1) is 15.3. The van der Waals surface area contributed by atoms with E-state index in [9.17, 15) is 4.79 Å². The third kappa shape index (κ3) is 3.09. The van der Waals surface area contributed by atoms with Crippen LogP contribution in [0.15, 0.2) is 30.3 Å². The lowest BCUT2D eigenvalue weighted by atomic mass is 10.2. The number of hydrogen-bond donors (Lipinski definition) is 1. The molecule has 0 atom stereocenters. The molecule has 0 fully saturated rings. The van der Waals surface area contributed by atoms with E-state index in [0.717, 1.165) is 0 Å². The minimum Gasteiger partial charge on any atom is -0.486 e. The van der Waals surface area contributed by atoms with E-state index in [4.69, 9.17) is 44.3 Å². The highest BCUT2D eigenvalue weighted by Gasteiger charge is 2.18. The highest BCUT2D eigenvalue weighted by atomic mass is 35.5. The number of rotatable bonds is 2. The molecule has 7 heteroatoms. The van der Waals surface area contributed by atoms with E-state index in [1.54, 1.807) is 24.3 Å². The summed E-state index contributed by atoms with van der Waals surface area (Å²) < 4.78 is 10.9. The average molecular weight is 359 g/mol. The van der Waals surface area contributed by atoms with Crippen LogP contribution < -0.4 is 14.8 Å². The Balaban J connectivity index is 1.87. The average Bonchev–Trinajstić information content (AvgIpc) is 2.47. The SMILES string of the molecule is O=C(Nc1cc2c(cc1Cl)OCCO2)c1ccc(Cl)cc1Cl. The van der Waals surface area contributed by atoms with Gasteiger partial charge in [-0.1, -0.05) is 34.8 Å². The Kier molecular flexibility index (Phi) is 4.34. The molecule has 0 aliphatic carbocycles. The van der Waals surface area contributed by atoms with Gasteiger partial charge in [0, 0.05) is 17.2 Å². The Morgan fingerprint density at radius 3 is 2.32 bits per heavy atom. The Morgan fingerprint density at radius 1 is 0.955 bits per heavy atom. The van der Waals surface area contributed by atoms with Crippen LogP contribution in [0.5, 0.6) is 11.5 Å². The molecule has 1 heterocycles. The maximum Gasteiger partial charge on any atom is 0.257 e. The van der Waals surface area contributed by atoms with Gasteiger partial charge >= 0.3 is 0 Å². The van der Waals surface area contributed by atoms with E-state index in [-0.39, 0.29) is 10.9 Å². The predicted octanol–water partition coefficient (Wildman–Crippen LogP) is 4.67. The fraction of sp³-hybridized carbons (Fsp3) is 0.133. The van der Waals surface area contributed by atoms with Crippen molar-refractivity contribution in [2.24, 2.45) is 0 Å². The molecule has 1 aliphatic rings. The normalized spacial score (nSPS) is 12.9. The van der Waals surface area contributed by atoms with Crippen molar-refractivity contribution in [1.82, 2.24) is 0 Å². The van der Waals surface area contributed by atoms with Crippen LogP contribution in [0.1, 0.15) is 10.4 Å². The van der Waals surface area contributed by atoms with E-state index in [2.05, 4.69) is 5.32 Å². The summed E-state index contributed by atoms with van der Waals surface area (Å²) in [7, 11) is 0. The number of carbonyl (C=O) groups excluding carboxylic acids is 1. The molecular weight excluding hydrogens is 349 g/mol. The minimum absolute atomic E-state index is 0.263. The number of amides is 1. The van der Waals surface area contributed by atoms with Gasteiger partial charge in [-0.2, -0.15) is 0 Å². The first-order chi connectivity index (χ1) is 10.5. The first-order valence-electron chi connectivity index (χ1n) is 6.40. The van der Waals surface area contributed by atoms with Gasteiger partial charge in [0.2, 0.25) is 0 Å². The van der Waals surface area contributed by atoms with Crippen molar-refractivity contribution in [2.75, 3.05) is 18.5 Å². The van der Waals surface area contributed by atoms with Crippen molar-refractivity contribution in [3.8, 4) is 11.5 Å². The van der Waals surface area contributed by atoms with Gasteiger partial charge in [-0.15, -0.1) is 0 Å².